The molecule has 3 aromatic rings. The Kier molecular flexibility index (Phi) is 6.47. The fraction of sp³-hybridized carbons (Fsp3) is 0.192. The fourth-order valence-electron chi connectivity index (χ4n) is 3.79. The minimum absolute atomic E-state index is 0.274. The number of anilines is 1. The first-order valence-corrected chi connectivity index (χ1v) is 11.0. The highest BCUT2D eigenvalue weighted by Gasteiger charge is 2.47. The van der Waals surface area contributed by atoms with Crippen LogP contribution in [0.2, 0.25) is 5.02 Å². The lowest BCUT2D eigenvalue weighted by Crippen LogP contribution is -2.42. The minimum Gasteiger partial charge on any atom is -0.378 e. The van der Waals surface area contributed by atoms with Gasteiger partial charge in [-0.1, -0.05) is 41.4 Å². The Morgan fingerprint density at radius 3 is 2.24 bits per heavy atom. The first-order chi connectivity index (χ1) is 15.8. The lowest BCUT2D eigenvalue weighted by molar-refractivity contribution is -0.596. The molecule has 0 aromatic heterocycles. The average Bonchev–Trinajstić information content (AvgIpc) is 3.09. The van der Waals surface area contributed by atoms with Gasteiger partial charge in [0, 0.05) is 41.5 Å². The van der Waals surface area contributed by atoms with Crippen LogP contribution in [0.15, 0.2) is 72.8 Å². The molecule has 0 aliphatic carbocycles. The van der Waals surface area contributed by atoms with Crippen molar-refractivity contribution in [3.05, 3.63) is 100 Å². The normalized spacial score (nSPS) is 18.8. The number of nitrogens with one attached hydrogen (secondary N) is 2. The van der Waals surface area contributed by atoms with E-state index in [-0.39, 0.29) is 11.8 Å². The summed E-state index contributed by atoms with van der Waals surface area (Å²) in [6.07, 6.45) is 1.89. The maximum atomic E-state index is 13.0. The molecule has 1 aliphatic heterocycles. The molecular formula is C26H26ClN4O2+. The number of aryl methyl sites for hydroxylation is 1. The predicted octanol–water partition coefficient (Wildman–Crippen LogP) is 3.73. The standard InChI is InChI=1S/C26H25ClN4O2/c1-17-4-8-19(9-5-17)24-23(28-25(32)20-10-12-21(27)13-11-20)26(33)29-31(24)16-18-6-14-22(15-7-18)30(2)3/h4-16,23-24H,1-3H3,(H-,28,29,32,33)/p+1/t23-,24-/m0/s1. The summed E-state index contributed by atoms with van der Waals surface area (Å²) in [5, 5.41) is 3.45. The van der Waals surface area contributed by atoms with Crippen molar-refractivity contribution < 1.29 is 14.3 Å². The number of carbonyl (C=O) groups is 2. The number of carbonyl (C=O) groups excluding carboxylic acids is 2. The summed E-state index contributed by atoms with van der Waals surface area (Å²) in [5.41, 5.74) is 7.41. The summed E-state index contributed by atoms with van der Waals surface area (Å²) in [4.78, 5) is 27.9. The van der Waals surface area contributed by atoms with Crippen LogP contribution in [0.25, 0.3) is 0 Å². The summed E-state index contributed by atoms with van der Waals surface area (Å²) < 4.78 is 1.77. The van der Waals surface area contributed by atoms with Gasteiger partial charge >= 0.3 is 5.91 Å². The zero-order valence-corrected chi connectivity index (χ0v) is 19.5. The van der Waals surface area contributed by atoms with Crippen LogP contribution in [-0.2, 0) is 4.79 Å². The molecule has 3 aromatic carbocycles. The van der Waals surface area contributed by atoms with Gasteiger partial charge in [0.2, 0.25) is 12.3 Å². The number of hydrazone groups is 1. The zero-order valence-electron chi connectivity index (χ0n) is 18.7. The second-order valence-corrected chi connectivity index (χ2v) is 8.75. The van der Waals surface area contributed by atoms with Gasteiger partial charge < -0.3 is 10.2 Å². The van der Waals surface area contributed by atoms with E-state index in [0.29, 0.717) is 10.6 Å². The molecule has 2 N–H and O–H groups in total. The quantitative estimate of drug-likeness (QED) is 0.569. The molecule has 33 heavy (non-hydrogen) atoms. The molecule has 1 aliphatic rings. The molecule has 6 nitrogen and oxygen atoms in total. The molecule has 0 bridgehead atoms. The largest absolute Gasteiger partial charge is 0.378 e. The van der Waals surface area contributed by atoms with Gasteiger partial charge in [0.25, 0.3) is 5.91 Å². The van der Waals surface area contributed by atoms with Gasteiger partial charge in [0.05, 0.1) is 0 Å². The molecular weight excluding hydrogens is 436 g/mol. The number of hydrogen-bond acceptors (Lipinski definition) is 3. The molecule has 0 unspecified atom stereocenters. The number of amides is 2. The molecule has 1 fully saturated rings. The molecule has 2 amide bonds. The van der Waals surface area contributed by atoms with Gasteiger partial charge in [0.15, 0.2) is 6.04 Å². The third kappa shape index (κ3) is 5.07. The Balaban J connectivity index is 1.68. The van der Waals surface area contributed by atoms with Gasteiger partial charge in [-0.3, -0.25) is 9.59 Å². The van der Waals surface area contributed by atoms with Gasteiger partial charge in [-0.15, -0.1) is 10.1 Å². The highest BCUT2D eigenvalue weighted by Crippen LogP contribution is 2.26. The predicted molar refractivity (Wildman–Crippen MR) is 131 cm³/mol. The summed E-state index contributed by atoms with van der Waals surface area (Å²) in [6, 6.07) is 21.4. The third-order valence-electron chi connectivity index (χ3n) is 5.65. The first kappa shape index (κ1) is 22.6. The van der Waals surface area contributed by atoms with E-state index in [2.05, 4.69) is 10.7 Å². The minimum atomic E-state index is -0.770. The number of halogens is 1. The van der Waals surface area contributed by atoms with Crippen LogP contribution in [0.5, 0.6) is 0 Å². The number of hydrogen-bond donors (Lipinski definition) is 2. The Labute approximate surface area is 198 Å². The first-order valence-electron chi connectivity index (χ1n) is 10.7. The van der Waals surface area contributed by atoms with E-state index < -0.39 is 12.1 Å². The maximum Gasteiger partial charge on any atom is 0.304 e. The molecule has 0 saturated carbocycles. The van der Waals surface area contributed by atoms with Gasteiger partial charge in [0.1, 0.15) is 0 Å². The fourth-order valence-corrected chi connectivity index (χ4v) is 3.92. The lowest BCUT2D eigenvalue weighted by atomic mass is 9.98. The highest BCUT2D eigenvalue weighted by molar-refractivity contribution is 6.30. The van der Waals surface area contributed by atoms with Crippen molar-refractivity contribution in [1.82, 2.24) is 10.7 Å². The Morgan fingerprint density at radius 1 is 1.00 bits per heavy atom. The Hall–Kier alpha value is -3.64. The van der Waals surface area contributed by atoms with Crippen molar-refractivity contribution in [2.24, 2.45) is 0 Å². The molecule has 1 saturated heterocycles. The molecule has 2 atom stereocenters. The Morgan fingerprint density at radius 2 is 1.64 bits per heavy atom. The smallest absolute Gasteiger partial charge is 0.304 e. The molecule has 7 heteroatoms. The van der Waals surface area contributed by atoms with Crippen LogP contribution in [0, 0.1) is 6.92 Å². The molecule has 0 spiro atoms. The number of benzene rings is 3. The van der Waals surface area contributed by atoms with E-state index in [0.717, 1.165) is 22.4 Å². The summed E-state index contributed by atoms with van der Waals surface area (Å²) in [6.45, 7) is 2.01. The van der Waals surface area contributed by atoms with Crippen molar-refractivity contribution in [3.8, 4) is 0 Å². The van der Waals surface area contributed by atoms with Crippen molar-refractivity contribution in [2.75, 3.05) is 19.0 Å². The van der Waals surface area contributed by atoms with Crippen molar-refractivity contribution in [1.29, 1.82) is 0 Å². The molecule has 4 rings (SSSR count). The monoisotopic (exact) mass is 461 g/mol. The van der Waals surface area contributed by atoms with E-state index in [1.54, 1.807) is 28.9 Å². The number of nitrogens with zero attached hydrogens (tertiary/aromatic N) is 2. The average molecular weight is 462 g/mol. The van der Waals surface area contributed by atoms with Crippen molar-refractivity contribution in [2.45, 2.75) is 19.0 Å². The van der Waals surface area contributed by atoms with E-state index in [9.17, 15) is 9.59 Å². The van der Waals surface area contributed by atoms with E-state index in [1.807, 2.05) is 80.7 Å². The summed E-state index contributed by atoms with van der Waals surface area (Å²) in [7, 11) is 3.97. The van der Waals surface area contributed by atoms with E-state index >= 15 is 0 Å². The zero-order chi connectivity index (χ0) is 23.5. The van der Waals surface area contributed by atoms with E-state index in [4.69, 9.17) is 11.6 Å². The lowest BCUT2D eigenvalue weighted by Gasteiger charge is -2.15. The maximum absolute atomic E-state index is 13.0. The SMILES string of the molecule is Cc1ccc([C@H]2[C@H](NC(=O)c3ccc(Cl)cc3)C(=O)N/[N+]2=C\c2ccc(N(C)C)cc2)cc1. The van der Waals surface area contributed by atoms with Crippen LogP contribution in [0.3, 0.4) is 0 Å². The second-order valence-electron chi connectivity index (χ2n) is 8.31. The van der Waals surface area contributed by atoms with Crippen molar-refractivity contribution in [3.63, 3.8) is 0 Å². The van der Waals surface area contributed by atoms with Crippen LogP contribution >= 0.6 is 11.6 Å². The summed E-state index contributed by atoms with van der Waals surface area (Å²) >= 11 is 5.94. The van der Waals surface area contributed by atoms with Crippen LogP contribution < -0.4 is 15.6 Å². The van der Waals surface area contributed by atoms with Crippen LogP contribution in [-0.4, -0.2) is 42.9 Å². The van der Waals surface area contributed by atoms with Gasteiger partial charge in [-0.2, -0.15) is 0 Å². The van der Waals surface area contributed by atoms with Crippen LogP contribution in [0.1, 0.15) is 33.1 Å². The Bertz CT molecular complexity index is 1190. The number of hydrazine groups is 1. The van der Waals surface area contributed by atoms with E-state index in [1.165, 1.54) is 0 Å². The molecule has 0 radical (unpaired) electrons. The summed E-state index contributed by atoms with van der Waals surface area (Å²) in [5.74, 6) is -0.606. The topological polar surface area (TPSA) is 64.5 Å². The molecule has 1 heterocycles. The number of rotatable bonds is 5. The highest BCUT2D eigenvalue weighted by atomic mass is 35.5. The third-order valence-corrected chi connectivity index (χ3v) is 5.90. The molecule has 168 valence electrons. The van der Waals surface area contributed by atoms with Gasteiger partial charge in [-0.25, -0.2) is 0 Å². The van der Waals surface area contributed by atoms with Gasteiger partial charge in [-0.05, 0) is 55.5 Å². The van der Waals surface area contributed by atoms with Crippen molar-refractivity contribution >= 4 is 35.3 Å². The second kappa shape index (κ2) is 9.46. The van der Waals surface area contributed by atoms with Crippen LogP contribution in [0.4, 0.5) is 5.69 Å².